The zero-order chi connectivity index (χ0) is 23.1. The topological polar surface area (TPSA) is 88.2 Å². The molecule has 8 heteroatoms. The van der Waals surface area contributed by atoms with Gasteiger partial charge in [0.1, 0.15) is 11.8 Å². The van der Waals surface area contributed by atoms with Crippen LogP contribution in [0.4, 0.5) is 0 Å². The van der Waals surface area contributed by atoms with Gasteiger partial charge in [0.25, 0.3) is 0 Å². The van der Waals surface area contributed by atoms with Gasteiger partial charge in [-0.05, 0) is 50.3 Å². The summed E-state index contributed by atoms with van der Waals surface area (Å²) in [4.78, 5) is 42.3. The molecule has 1 atom stereocenters. The highest BCUT2D eigenvalue weighted by molar-refractivity contribution is 5.94. The molecular weight excluding hydrogens is 410 g/mol. The quantitative estimate of drug-likeness (QED) is 0.584. The van der Waals surface area contributed by atoms with Crippen LogP contribution in [0.2, 0.25) is 0 Å². The van der Waals surface area contributed by atoms with E-state index in [4.69, 9.17) is 9.47 Å². The Morgan fingerprint density at radius 2 is 1.84 bits per heavy atom. The molecule has 0 saturated carbocycles. The van der Waals surface area contributed by atoms with Crippen molar-refractivity contribution in [1.29, 1.82) is 0 Å². The van der Waals surface area contributed by atoms with E-state index < -0.39 is 11.5 Å². The Balaban J connectivity index is 1.57. The van der Waals surface area contributed by atoms with Gasteiger partial charge in [0.05, 0.1) is 18.9 Å². The fraction of sp³-hybridized carbons (Fsp3) is 0.625. The molecule has 1 N–H and O–H groups in total. The van der Waals surface area contributed by atoms with E-state index in [1.54, 1.807) is 19.1 Å². The number of nitrogens with zero attached hydrogens (tertiary/aromatic N) is 2. The number of benzene rings is 1. The number of piperidine rings is 1. The molecule has 1 aromatic rings. The molecule has 3 rings (SSSR count). The molecule has 0 radical (unpaired) electrons. The summed E-state index contributed by atoms with van der Waals surface area (Å²) in [5.41, 5.74) is 0.400. The van der Waals surface area contributed by atoms with Crippen LogP contribution in [-0.4, -0.2) is 80.6 Å². The fourth-order valence-electron chi connectivity index (χ4n) is 4.79. The van der Waals surface area contributed by atoms with E-state index in [-0.39, 0.29) is 17.7 Å². The number of amides is 3. The standard InChI is InChI=1S/C24H35N3O5/c1-4-27-20(22(29)25-12-5-15-31-2)17-24(23(27)30)10-13-26(14-11-24)21(28)16-18-6-8-19(32-3)9-7-18/h6-9,20H,4-5,10-17H2,1-3H3,(H,25,29). The molecule has 2 fully saturated rings. The third-order valence-electron chi connectivity index (χ3n) is 6.73. The first-order valence-corrected chi connectivity index (χ1v) is 11.4. The van der Waals surface area contributed by atoms with E-state index in [1.807, 2.05) is 36.1 Å². The summed E-state index contributed by atoms with van der Waals surface area (Å²) in [7, 11) is 3.25. The molecule has 2 heterocycles. The number of nitrogens with one attached hydrogen (secondary N) is 1. The van der Waals surface area contributed by atoms with Crippen molar-refractivity contribution in [3.63, 3.8) is 0 Å². The van der Waals surface area contributed by atoms with E-state index in [0.717, 1.165) is 17.7 Å². The first-order valence-electron chi connectivity index (χ1n) is 11.4. The molecule has 1 unspecified atom stereocenters. The molecule has 0 aliphatic carbocycles. The monoisotopic (exact) mass is 445 g/mol. The van der Waals surface area contributed by atoms with Crippen molar-refractivity contribution >= 4 is 17.7 Å². The zero-order valence-electron chi connectivity index (χ0n) is 19.4. The minimum Gasteiger partial charge on any atom is -0.497 e. The lowest BCUT2D eigenvalue weighted by molar-refractivity contribution is -0.143. The Morgan fingerprint density at radius 3 is 2.44 bits per heavy atom. The van der Waals surface area contributed by atoms with Crippen molar-refractivity contribution < 1.29 is 23.9 Å². The van der Waals surface area contributed by atoms with Crippen molar-refractivity contribution in [2.45, 2.75) is 45.1 Å². The highest BCUT2D eigenvalue weighted by atomic mass is 16.5. The van der Waals surface area contributed by atoms with Gasteiger partial charge < -0.3 is 24.6 Å². The van der Waals surface area contributed by atoms with Crippen LogP contribution >= 0.6 is 0 Å². The van der Waals surface area contributed by atoms with E-state index in [1.165, 1.54) is 0 Å². The molecule has 2 aliphatic heterocycles. The van der Waals surface area contributed by atoms with Crippen LogP contribution in [0, 0.1) is 5.41 Å². The van der Waals surface area contributed by atoms with Crippen LogP contribution in [0.15, 0.2) is 24.3 Å². The molecule has 0 aromatic heterocycles. The second-order valence-electron chi connectivity index (χ2n) is 8.63. The van der Waals surface area contributed by atoms with Gasteiger partial charge in [-0.25, -0.2) is 0 Å². The van der Waals surface area contributed by atoms with Gasteiger partial charge >= 0.3 is 0 Å². The predicted octanol–water partition coefficient (Wildman–Crippen LogP) is 1.62. The second kappa shape index (κ2) is 10.8. The maximum atomic E-state index is 13.2. The second-order valence-corrected chi connectivity index (χ2v) is 8.63. The van der Waals surface area contributed by atoms with E-state index in [2.05, 4.69) is 5.32 Å². The lowest BCUT2D eigenvalue weighted by Crippen LogP contribution is -2.47. The molecule has 2 aliphatic rings. The van der Waals surface area contributed by atoms with Crippen LogP contribution < -0.4 is 10.1 Å². The van der Waals surface area contributed by atoms with E-state index in [9.17, 15) is 14.4 Å². The largest absolute Gasteiger partial charge is 0.497 e. The summed E-state index contributed by atoms with van der Waals surface area (Å²) < 4.78 is 10.2. The van der Waals surface area contributed by atoms with Crippen molar-refractivity contribution in [1.82, 2.24) is 15.1 Å². The SMILES string of the molecule is CCN1C(=O)C2(CCN(C(=O)Cc3ccc(OC)cc3)CC2)CC1C(=O)NCCCOC. The molecule has 2 saturated heterocycles. The smallest absolute Gasteiger partial charge is 0.242 e. The van der Waals surface area contributed by atoms with Gasteiger partial charge in [0, 0.05) is 39.9 Å². The Morgan fingerprint density at radius 1 is 1.16 bits per heavy atom. The van der Waals surface area contributed by atoms with E-state index in [0.29, 0.717) is 58.5 Å². The number of hydrogen-bond acceptors (Lipinski definition) is 5. The van der Waals surface area contributed by atoms with E-state index >= 15 is 0 Å². The van der Waals surface area contributed by atoms with Crippen molar-refractivity contribution in [2.75, 3.05) is 47.0 Å². The number of rotatable bonds is 9. The molecule has 3 amide bonds. The van der Waals surface area contributed by atoms with Gasteiger partial charge in [-0.3, -0.25) is 14.4 Å². The molecule has 1 spiro atoms. The minimum atomic E-state index is -0.540. The maximum absolute atomic E-state index is 13.2. The number of carbonyl (C=O) groups excluding carboxylic acids is 3. The lowest BCUT2D eigenvalue weighted by Gasteiger charge is -2.38. The van der Waals surface area contributed by atoms with Crippen LogP contribution in [0.5, 0.6) is 5.75 Å². The Kier molecular flexibility index (Phi) is 8.12. The molecule has 1 aromatic carbocycles. The summed E-state index contributed by atoms with van der Waals surface area (Å²) in [6.07, 6.45) is 2.80. The predicted molar refractivity (Wildman–Crippen MR) is 120 cm³/mol. The summed E-state index contributed by atoms with van der Waals surface area (Å²) in [6.45, 7) is 4.63. The van der Waals surface area contributed by atoms with Crippen molar-refractivity contribution in [3.8, 4) is 5.75 Å². The van der Waals surface area contributed by atoms with Gasteiger partial charge in [-0.15, -0.1) is 0 Å². The number of methoxy groups -OCH3 is 2. The zero-order valence-corrected chi connectivity index (χ0v) is 19.4. The number of carbonyl (C=O) groups is 3. The average molecular weight is 446 g/mol. The Hall–Kier alpha value is -2.61. The van der Waals surface area contributed by atoms with Gasteiger partial charge in [0.15, 0.2) is 0 Å². The fourth-order valence-corrected chi connectivity index (χ4v) is 4.79. The molecular formula is C24H35N3O5. The van der Waals surface area contributed by atoms with Crippen LogP contribution in [0.1, 0.15) is 38.2 Å². The summed E-state index contributed by atoms with van der Waals surface area (Å²) in [5, 5.41) is 2.94. The number of ether oxygens (including phenoxy) is 2. The van der Waals surface area contributed by atoms with Crippen LogP contribution in [-0.2, 0) is 25.5 Å². The van der Waals surface area contributed by atoms with Crippen LogP contribution in [0.3, 0.4) is 0 Å². The van der Waals surface area contributed by atoms with Crippen molar-refractivity contribution in [3.05, 3.63) is 29.8 Å². The third-order valence-corrected chi connectivity index (χ3v) is 6.73. The van der Waals surface area contributed by atoms with Crippen LogP contribution in [0.25, 0.3) is 0 Å². The highest BCUT2D eigenvalue weighted by Gasteiger charge is 2.54. The third kappa shape index (κ3) is 5.23. The lowest BCUT2D eigenvalue weighted by atomic mass is 9.76. The van der Waals surface area contributed by atoms with Crippen molar-refractivity contribution in [2.24, 2.45) is 5.41 Å². The first kappa shape index (κ1) is 24.0. The molecule has 8 nitrogen and oxygen atoms in total. The summed E-state index contributed by atoms with van der Waals surface area (Å²) >= 11 is 0. The molecule has 0 bridgehead atoms. The van der Waals surface area contributed by atoms with Gasteiger partial charge in [-0.1, -0.05) is 12.1 Å². The Labute approximate surface area is 190 Å². The Bertz CT molecular complexity index is 802. The highest BCUT2D eigenvalue weighted by Crippen LogP contribution is 2.44. The normalized spacial score (nSPS) is 20.0. The molecule has 32 heavy (non-hydrogen) atoms. The summed E-state index contributed by atoms with van der Waals surface area (Å²) in [6, 6.07) is 7.07. The number of likely N-dealkylation sites (N-methyl/N-ethyl adjacent to an activating group) is 1. The average Bonchev–Trinajstić information content (AvgIpc) is 3.08. The minimum absolute atomic E-state index is 0.0549. The first-order chi connectivity index (χ1) is 15.4. The summed E-state index contributed by atoms with van der Waals surface area (Å²) in [5.74, 6) is 0.791. The van der Waals surface area contributed by atoms with Gasteiger partial charge in [0.2, 0.25) is 17.7 Å². The number of hydrogen-bond donors (Lipinski definition) is 1. The number of likely N-dealkylation sites (tertiary alicyclic amines) is 2. The van der Waals surface area contributed by atoms with Gasteiger partial charge in [-0.2, -0.15) is 0 Å². The molecule has 176 valence electrons. The maximum Gasteiger partial charge on any atom is 0.242 e.